The fourth-order valence-electron chi connectivity index (χ4n) is 0.930. The number of anilines is 1. The Morgan fingerprint density at radius 2 is 2.07 bits per heavy atom. The van der Waals surface area contributed by atoms with Crippen LogP contribution in [0, 0.1) is 0 Å². The summed E-state index contributed by atoms with van der Waals surface area (Å²) in [7, 11) is 0. The van der Waals surface area contributed by atoms with E-state index in [-0.39, 0.29) is 5.56 Å². The molecule has 0 aliphatic rings. The molecule has 1 aromatic rings. The number of hydrogen-bond donors (Lipinski definition) is 3. The molecule has 3 N–H and O–H groups in total. The molecule has 0 atom stereocenters. The smallest absolute Gasteiger partial charge is 0.335 e. The number of amides is 1. The van der Waals surface area contributed by atoms with Gasteiger partial charge in [-0.2, -0.15) is 0 Å². The van der Waals surface area contributed by atoms with Crippen LogP contribution < -0.4 is 5.32 Å². The minimum absolute atomic E-state index is 0.0840. The Morgan fingerprint density at radius 3 is 2.64 bits per heavy atom. The predicted molar refractivity (Wildman–Crippen MR) is 49.1 cm³/mol. The van der Waals surface area contributed by atoms with Crippen LogP contribution in [0.3, 0.4) is 0 Å². The highest BCUT2D eigenvalue weighted by Gasteiger charge is 2.04. The topological polar surface area (TPSA) is 86.6 Å². The first-order valence-corrected chi connectivity index (χ1v) is 3.87. The Morgan fingerprint density at radius 1 is 1.36 bits per heavy atom. The highest BCUT2D eigenvalue weighted by Crippen LogP contribution is 2.10. The van der Waals surface area contributed by atoms with Crippen LogP contribution in [0.1, 0.15) is 10.4 Å². The molecule has 0 spiro atoms. The molecule has 0 saturated heterocycles. The summed E-state index contributed by atoms with van der Waals surface area (Å²) >= 11 is 0. The number of nitrogens with one attached hydrogen (secondary N) is 1. The van der Waals surface area contributed by atoms with Crippen LogP contribution in [0.15, 0.2) is 24.3 Å². The van der Waals surface area contributed by atoms with Crippen LogP contribution in [0.5, 0.6) is 0 Å². The average molecular weight is 195 g/mol. The third-order valence-corrected chi connectivity index (χ3v) is 1.54. The zero-order valence-electron chi connectivity index (χ0n) is 7.23. The van der Waals surface area contributed by atoms with Gasteiger partial charge in [-0.1, -0.05) is 6.07 Å². The van der Waals surface area contributed by atoms with Crippen molar-refractivity contribution < 1.29 is 19.8 Å². The summed E-state index contributed by atoms with van der Waals surface area (Å²) in [6, 6.07) is 5.78. The van der Waals surface area contributed by atoms with E-state index < -0.39 is 18.5 Å². The maximum atomic E-state index is 10.8. The molecular weight excluding hydrogens is 186 g/mol. The van der Waals surface area contributed by atoms with Crippen molar-refractivity contribution in [3.8, 4) is 0 Å². The minimum atomic E-state index is -1.06. The molecule has 5 nitrogen and oxygen atoms in total. The first-order valence-electron chi connectivity index (χ1n) is 3.87. The molecule has 1 amide bonds. The van der Waals surface area contributed by atoms with Crippen molar-refractivity contribution in [2.75, 3.05) is 11.9 Å². The van der Waals surface area contributed by atoms with Gasteiger partial charge in [-0.25, -0.2) is 4.79 Å². The van der Waals surface area contributed by atoms with E-state index in [2.05, 4.69) is 5.32 Å². The summed E-state index contributed by atoms with van der Waals surface area (Å²) in [4.78, 5) is 21.3. The molecule has 0 aliphatic heterocycles. The van der Waals surface area contributed by atoms with Crippen LogP contribution in [-0.2, 0) is 4.79 Å². The van der Waals surface area contributed by atoms with Crippen molar-refractivity contribution in [1.82, 2.24) is 0 Å². The predicted octanol–water partition coefficient (Wildman–Crippen LogP) is 0.316. The molecule has 0 radical (unpaired) electrons. The van der Waals surface area contributed by atoms with E-state index in [1.165, 1.54) is 18.2 Å². The third kappa shape index (κ3) is 2.56. The molecule has 1 aromatic carbocycles. The van der Waals surface area contributed by atoms with Crippen molar-refractivity contribution >= 4 is 17.6 Å². The number of carboxylic acids is 1. The number of aliphatic hydroxyl groups is 1. The normalized spacial score (nSPS) is 9.50. The minimum Gasteiger partial charge on any atom is -0.478 e. The van der Waals surface area contributed by atoms with Crippen molar-refractivity contribution in [2.24, 2.45) is 0 Å². The van der Waals surface area contributed by atoms with Gasteiger partial charge in [0.15, 0.2) is 0 Å². The summed E-state index contributed by atoms with van der Waals surface area (Å²) in [6.45, 7) is -0.628. The second-order valence-corrected chi connectivity index (χ2v) is 2.59. The van der Waals surface area contributed by atoms with Crippen LogP contribution in [0.25, 0.3) is 0 Å². The van der Waals surface area contributed by atoms with Gasteiger partial charge in [0.25, 0.3) is 0 Å². The summed E-state index contributed by atoms with van der Waals surface area (Å²) in [5.74, 6) is -1.64. The monoisotopic (exact) mass is 195 g/mol. The molecule has 0 saturated carbocycles. The Kier molecular flexibility index (Phi) is 3.19. The Hall–Kier alpha value is -1.88. The molecule has 0 fully saturated rings. The van der Waals surface area contributed by atoms with Crippen LogP contribution in [0.4, 0.5) is 5.69 Å². The lowest BCUT2D eigenvalue weighted by Gasteiger charge is -2.03. The van der Waals surface area contributed by atoms with E-state index in [4.69, 9.17) is 10.2 Å². The first kappa shape index (κ1) is 10.2. The Bertz CT molecular complexity index is 362. The maximum absolute atomic E-state index is 10.8. The van der Waals surface area contributed by atoms with Gasteiger partial charge in [0, 0.05) is 5.69 Å². The van der Waals surface area contributed by atoms with Crippen molar-refractivity contribution in [3.63, 3.8) is 0 Å². The second kappa shape index (κ2) is 4.38. The van der Waals surface area contributed by atoms with Crippen LogP contribution >= 0.6 is 0 Å². The summed E-state index contributed by atoms with van der Waals surface area (Å²) in [6.07, 6.45) is 0. The second-order valence-electron chi connectivity index (χ2n) is 2.59. The molecule has 0 unspecified atom stereocenters. The van der Waals surface area contributed by atoms with Gasteiger partial charge >= 0.3 is 5.97 Å². The van der Waals surface area contributed by atoms with Crippen molar-refractivity contribution in [3.05, 3.63) is 29.8 Å². The molecule has 74 valence electrons. The number of carbonyl (C=O) groups excluding carboxylic acids is 1. The fraction of sp³-hybridized carbons (Fsp3) is 0.111. The molecule has 0 bridgehead atoms. The molecule has 1 rings (SSSR count). The zero-order chi connectivity index (χ0) is 10.6. The number of hydrogen-bond acceptors (Lipinski definition) is 3. The highest BCUT2D eigenvalue weighted by atomic mass is 16.4. The van der Waals surface area contributed by atoms with E-state index in [9.17, 15) is 9.59 Å². The van der Waals surface area contributed by atoms with Crippen molar-refractivity contribution in [1.29, 1.82) is 0 Å². The summed E-state index contributed by atoms with van der Waals surface area (Å²) in [5.41, 5.74) is 0.435. The van der Waals surface area contributed by atoms with Gasteiger partial charge in [0.05, 0.1) is 5.56 Å². The molecule has 5 heteroatoms. The molecular formula is C9H9NO4. The molecule has 0 heterocycles. The molecule has 0 aliphatic carbocycles. The molecule has 0 aromatic heterocycles. The van der Waals surface area contributed by atoms with E-state index in [0.29, 0.717) is 5.69 Å². The van der Waals surface area contributed by atoms with Crippen molar-refractivity contribution in [2.45, 2.75) is 0 Å². The van der Waals surface area contributed by atoms with Crippen LogP contribution in [-0.4, -0.2) is 28.7 Å². The van der Waals surface area contributed by atoms with E-state index in [0.717, 1.165) is 0 Å². The number of aromatic carboxylic acids is 1. The zero-order valence-corrected chi connectivity index (χ0v) is 7.23. The van der Waals surface area contributed by atoms with Crippen LogP contribution in [0.2, 0.25) is 0 Å². The van der Waals surface area contributed by atoms with Gasteiger partial charge in [-0.05, 0) is 18.2 Å². The van der Waals surface area contributed by atoms with Gasteiger partial charge in [0.2, 0.25) is 5.91 Å². The molecule has 14 heavy (non-hydrogen) atoms. The lowest BCUT2D eigenvalue weighted by molar-refractivity contribution is -0.118. The lowest BCUT2D eigenvalue weighted by Crippen LogP contribution is -2.15. The third-order valence-electron chi connectivity index (χ3n) is 1.54. The highest BCUT2D eigenvalue weighted by molar-refractivity contribution is 5.94. The summed E-state index contributed by atoms with van der Waals surface area (Å²) < 4.78 is 0. The van der Waals surface area contributed by atoms with Gasteiger partial charge in [-0.15, -0.1) is 0 Å². The standard InChI is InChI=1S/C9H9NO4/c11-5-8(12)10-7-3-1-2-6(4-7)9(13)14/h1-4,11H,5H2,(H,10,12)(H,13,14). The first-order chi connectivity index (χ1) is 6.63. The Labute approximate surface area is 80.0 Å². The maximum Gasteiger partial charge on any atom is 0.335 e. The quantitative estimate of drug-likeness (QED) is 0.648. The van der Waals surface area contributed by atoms with E-state index >= 15 is 0 Å². The Balaban J connectivity index is 2.83. The average Bonchev–Trinajstić information content (AvgIpc) is 2.18. The number of carboxylic acid groups (broad SMARTS) is 1. The van der Waals surface area contributed by atoms with Gasteiger partial charge in [-0.3, -0.25) is 4.79 Å². The SMILES string of the molecule is O=C(CO)Nc1cccc(C(=O)O)c1. The number of rotatable bonds is 3. The number of aliphatic hydroxyl groups excluding tert-OH is 1. The van der Waals surface area contributed by atoms with Gasteiger partial charge < -0.3 is 15.5 Å². The fourth-order valence-corrected chi connectivity index (χ4v) is 0.930. The van der Waals surface area contributed by atoms with E-state index in [1.54, 1.807) is 6.07 Å². The summed E-state index contributed by atoms with van der Waals surface area (Å²) in [5, 5.41) is 19.4. The number of carbonyl (C=O) groups is 2. The van der Waals surface area contributed by atoms with Gasteiger partial charge in [0.1, 0.15) is 6.61 Å². The van der Waals surface area contributed by atoms with E-state index in [1.807, 2.05) is 0 Å². The number of benzene rings is 1. The lowest BCUT2D eigenvalue weighted by atomic mass is 10.2. The largest absolute Gasteiger partial charge is 0.478 e.